The predicted molar refractivity (Wildman–Crippen MR) is 96.7 cm³/mol. The second-order valence-corrected chi connectivity index (χ2v) is 6.18. The minimum Gasteiger partial charge on any atom is -0.477 e. The van der Waals surface area contributed by atoms with E-state index in [9.17, 15) is 9.59 Å². The van der Waals surface area contributed by atoms with Gasteiger partial charge >= 0.3 is 0 Å². The molecule has 2 aromatic heterocycles. The zero-order valence-corrected chi connectivity index (χ0v) is 15.5. The Morgan fingerprint density at radius 1 is 1.25 bits per heavy atom. The Hall–Kier alpha value is -2.17. The Morgan fingerprint density at radius 2 is 1.96 bits per heavy atom. The first-order valence-corrected chi connectivity index (χ1v) is 8.48. The fourth-order valence-corrected chi connectivity index (χ4v) is 3.01. The Balaban J connectivity index is 2.81. The molecule has 0 aromatic carbocycles. The van der Waals surface area contributed by atoms with Crippen molar-refractivity contribution in [1.29, 1.82) is 0 Å². The number of aromatic amines is 1. The third-order valence-electron chi connectivity index (χ3n) is 3.37. The van der Waals surface area contributed by atoms with Crippen LogP contribution in [-0.4, -0.2) is 33.6 Å². The van der Waals surface area contributed by atoms with Crippen LogP contribution in [0.3, 0.4) is 0 Å². The first-order chi connectivity index (χ1) is 11.4. The number of amides is 2. The average Bonchev–Trinajstić information content (AvgIpc) is 2.96. The number of ether oxygens (including phenoxy) is 1. The van der Waals surface area contributed by atoms with Gasteiger partial charge in [0.25, 0.3) is 11.8 Å². The van der Waals surface area contributed by atoms with Gasteiger partial charge in [0.1, 0.15) is 5.56 Å². The maximum Gasteiger partial charge on any atom is 0.269 e. The number of rotatable bonds is 7. The molecule has 8 nitrogen and oxygen atoms in total. The van der Waals surface area contributed by atoms with E-state index in [2.05, 4.69) is 15.2 Å². The number of carbonyl (C=O) groups is 2. The molecule has 0 unspecified atom stereocenters. The summed E-state index contributed by atoms with van der Waals surface area (Å²) >= 11 is 2.03. The van der Waals surface area contributed by atoms with Gasteiger partial charge in [-0.05, 0) is 35.4 Å². The van der Waals surface area contributed by atoms with E-state index in [4.69, 9.17) is 16.2 Å². The van der Waals surface area contributed by atoms with Gasteiger partial charge in [0.05, 0.1) is 6.61 Å². The van der Waals surface area contributed by atoms with E-state index < -0.39 is 11.8 Å². The van der Waals surface area contributed by atoms with E-state index >= 15 is 0 Å². The number of primary amides is 2. The average molecular weight is 443 g/mol. The van der Waals surface area contributed by atoms with Gasteiger partial charge in [0, 0.05) is 26.6 Å². The summed E-state index contributed by atoms with van der Waals surface area (Å²) < 4.78 is 6.20. The van der Waals surface area contributed by atoms with E-state index in [0.717, 1.165) is 6.42 Å². The number of nitrogens with two attached hydrogens (primary N) is 2. The number of hydrogen-bond donors (Lipinski definition) is 3. The van der Waals surface area contributed by atoms with Crippen molar-refractivity contribution in [2.75, 3.05) is 6.61 Å². The van der Waals surface area contributed by atoms with Gasteiger partial charge in [-0.3, -0.25) is 14.7 Å². The quantitative estimate of drug-likeness (QED) is 0.559. The number of H-pyrrole nitrogens is 1. The fourth-order valence-electron chi connectivity index (χ4n) is 2.33. The van der Waals surface area contributed by atoms with Crippen LogP contribution in [-0.2, 0) is 6.42 Å². The Labute approximate surface area is 152 Å². The highest BCUT2D eigenvalue weighted by Crippen LogP contribution is 2.36. The number of aromatic nitrogens is 3. The maximum atomic E-state index is 12.1. The van der Waals surface area contributed by atoms with Crippen molar-refractivity contribution in [2.45, 2.75) is 26.7 Å². The topological polar surface area (TPSA) is 137 Å². The van der Waals surface area contributed by atoms with Crippen LogP contribution in [0, 0.1) is 3.57 Å². The molecule has 5 N–H and O–H groups in total. The van der Waals surface area contributed by atoms with Crippen molar-refractivity contribution < 1.29 is 14.3 Å². The number of nitrogens with one attached hydrogen (secondary N) is 1. The van der Waals surface area contributed by atoms with Gasteiger partial charge in [-0.1, -0.05) is 13.8 Å². The number of nitrogens with zero attached hydrogens (tertiary/aromatic N) is 2. The summed E-state index contributed by atoms with van der Waals surface area (Å²) in [6.07, 6.45) is 2.88. The Kier molecular flexibility index (Phi) is 5.75. The number of hydrogen-bond acceptors (Lipinski definition) is 5. The van der Waals surface area contributed by atoms with E-state index in [1.807, 2.05) is 36.4 Å². The molecular weight excluding hydrogens is 425 g/mol. The third kappa shape index (κ3) is 3.35. The molecule has 2 rings (SSSR count). The van der Waals surface area contributed by atoms with Crippen molar-refractivity contribution in [3.05, 3.63) is 26.7 Å². The fraction of sp³-hybridized carbons (Fsp3) is 0.333. The Morgan fingerprint density at radius 3 is 2.50 bits per heavy atom. The van der Waals surface area contributed by atoms with Crippen LogP contribution in [0.1, 0.15) is 46.8 Å². The summed E-state index contributed by atoms with van der Waals surface area (Å²) in [5.74, 6) is -1.25. The second kappa shape index (κ2) is 7.60. The van der Waals surface area contributed by atoms with Crippen molar-refractivity contribution in [3.8, 4) is 17.0 Å². The van der Waals surface area contributed by atoms with Gasteiger partial charge in [0.2, 0.25) is 5.88 Å². The lowest BCUT2D eigenvalue weighted by atomic mass is 9.97. The van der Waals surface area contributed by atoms with Gasteiger partial charge in [0.15, 0.2) is 5.69 Å². The minimum atomic E-state index is -0.694. The molecule has 0 atom stereocenters. The zero-order valence-electron chi connectivity index (χ0n) is 13.4. The first-order valence-electron chi connectivity index (χ1n) is 7.40. The highest BCUT2D eigenvalue weighted by Gasteiger charge is 2.27. The van der Waals surface area contributed by atoms with Crippen LogP contribution in [0.2, 0.25) is 0 Å². The van der Waals surface area contributed by atoms with Crippen LogP contribution in [0.5, 0.6) is 5.88 Å². The molecular formula is C15H18IN5O3. The molecule has 2 heterocycles. The van der Waals surface area contributed by atoms with E-state index in [0.29, 0.717) is 33.4 Å². The summed E-state index contributed by atoms with van der Waals surface area (Å²) in [7, 11) is 0. The Bertz CT molecular complexity index is 788. The predicted octanol–water partition coefficient (Wildman–Crippen LogP) is 1.63. The lowest BCUT2D eigenvalue weighted by Gasteiger charge is -2.14. The molecule has 0 bridgehead atoms. The number of pyridine rings is 1. The molecule has 2 amide bonds. The molecule has 0 spiro atoms. The van der Waals surface area contributed by atoms with E-state index in [1.165, 1.54) is 0 Å². The molecule has 9 heteroatoms. The van der Waals surface area contributed by atoms with Crippen molar-refractivity contribution in [2.24, 2.45) is 11.5 Å². The summed E-state index contributed by atoms with van der Waals surface area (Å²) in [6, 6.07) is 0. The largest absolute Gasteiger partial charge is 0.477 e. The molecule has 0 aliphatic carbocycles. The minimum absolute atomic E-state index is 0.0555. The highest BCUT2D eigenvalue weighted by molar-refractivity contribution is 14.1. The van der Waals surface area contributed by atoms with Crippen LogP contribution >= 0.6 is 22.6 Å². The molecule has 0 fully saturated rings. The first kappa shape index (κ1) is 18.2. The standard InChI is InChI=1S/C15H18IN5O3/c1-3-5-24-15-11(13(17)22)9(7(16)6-19-15)10-8(4-2)20-21-12(10)14(18)23/h6H,3-5H2,1-2H3,(H2,17,22)(H2,18,23)(H,20,21). The summed E-state index contributed by atoms with van der Waals surface area (Å²) in [4.78, 5) is 28.0. The lowest BCUT2D eigenvalue weighted by Crippen LogP contribution is -2.18. The molecule has 128 valence electrons. The molecule has 24 heavy (non-hydrogen) atoms. The number of aryl methyl sites for hydroxylation is 1. The third-order valence-corrected chi connectivity index (χ3v) is 4.18. The maximum absolute atomic E-state index is 12.1. The smallest absolute Gasteiger partial charge is 0.269 e. The molecule has 0 saturated heterocycles. The summed E-state index contributed by atoms with van der Waals surface area (Å²) in [5, 5.41) is 6.77. The van der Waals surface area contributed by atoms with Gasteiger partial charge < -0.3 is 16.2 Å². The van der Waals surface area contributed by atoms with Crippen molar-refractivity contribution >= 4 is 34.4 Å². The summed E-state index contributed by atoms with van der Waals surface area (Å²) in [6.45, 7) is 4.23. The molecule has 2 aromatic rings. The van der Waals surface area contributed by atoms with Crippen LogP contribution < -0.4 is 16.2 Å². The number of carbonyl (C=O) groups excluding carboxylic acids is 2. The number of halogens is 1. The lowest BCUT2D eigenvalue weighted by molar-refractivity contribution is 0.0985. The monoisotopic (exact) mass is 443 g/mol. The zero-order chi connectivity index (χ0) is 17.9. The molecule has 0 saturated carbocycles. The molecule has 0 radical (unpaired) electrons. The van der Waals surface area contributed by atoms with Gasteiger partial charge in [-0.15, -0.1) is 0 Å². The van der Waals surface area contributed by atoms with Crippen molar-refractivity contribution in [1.82, 2.24) is 15.2 Å². The van der Waals surface area contributed by atoms with Gasteiger partial charge in [-0.25, -0.2) is 4.98 Å². The van der Waals surface area contributed by atoms with Gasteiger partial charge in [-0.2, -0.15) is 5.10 Å². The van der Waals surface area contributed by atoms with Crippen molar-refractivity contribution in [3.63, 3.8) is 0 Å². The molecule has 0 aliphatic heterocycles. The van der Waals surface area contributed by atoms with Crippen LogP contribution in [0.4, 0.5) is 0 Å². The summed E-state index contributed by atoms with van der Waals surface area (Å²) in [5.41, 5.74) is 12.8. The molecule has 0 aliphatic rings. The highest BCUT2D eigenvalue weighted by atomic mass is 127. The normalized spacial score (nSPS) is 10.6. The van der Waals surface area contributed by atoms with Crippen LogP contribution in [0.15, 0.2) is 6.20 Å². The SMILES string of the molecule is CCCOc1ncc(I)c(-c2c(C(N)=O)n[nH]c2CC)c1C(N)=O. The van der Waals surface area contributed by atoms with Crippen LogP contribution in [0.25, 0.3) is 11.1 Å². The second-order valence-electron chi connectivity index (χ2n) is 5.02. The van der Waals surface area contributed by atoms with E-state index in [-0.39, 0.29) is 17.1 Å². The van der Waals surface area contributed by atoms with E-state index in [1.54, 1.807) is 6.20 Å².